The highest BCUT2D eigenvalue weighted by Crippen LogP contribution is 2.39. The van der Waals surface area contributed by atoms with Gasteiger partial charge in [-0.3, -0.25) is 0 Å². The van der Waals surface area contributed by atoms with Gasteiger partial charge in [0, 0.05) is 13.1 Å². The summed E-state index contributed by atoms with van der Waals surface area (Å²) in [6.45, 7) is 3.83. The average Bonchev–Trinajstić information content (AvgIpc) is 2.73. The molecule has 1 aliphatic heterocycles. The molecular formula is C24H21NO. The van der Waals surface area contributed by atoms with E-state index in [0.29, 0.717) is 0 Å². The van der Waals surface area contributed by atoms with Crippen molar-refractivity contribution in [2.75, 3.05) is 26.3 Å². The lowest BCUT2D eigenvalue weighted by Crippen LogP contribution is -2.30. The fourth-order valence-electron chi connectivity index (χ4n) is 4.10. The molecule has 5 aromatic carbocycles. The first-order chi connectivity index (χ1) is 12.9. The number of ether oxygens (including phenoxy) is 1. The summed E-state index contributed by atoms with van der Waals surface area (Å²) in [5, 5.41) is 14.0. The molecule has 1 fully saturated rings. The summed E-state index contributed by atoms with van der Waals surface area (Å²) in [5.74, 6) is 0. The predicted molar refractivity (Wildman–Crippen MR) is 111 cm³/mol. The van der Waals surface area contributed by atoms with Gasteiger partial charge in [0.25, 0.3) is 0 Å². The molecule has 0 unspecified atom stereocenters. The second-order valence-corrected chi connectivity index (χ2v) is 6.78. The first-order valence-corrected chi connectivity index (χ1v) is 9.26. The van der Waals surface area contributed by atoms with E-state index in [1.165, 1.54) is 43.1 Å². The monoisotopic (exact) mass is 339 g/mol. The van der Waals surface area contributed by atoms with Crippen molar-refractivity contribution in [1.29, 1.82) is 0 Å². The quantitative estimate of drug-likeness (QED) is 0.304. The molecule has 0 radical (unpaired) electrons. The normalized spacial score (nSPS) is 14.8. The number of hydrogen-bond acceptors (Lipinski definition) is 2. The summed E-state index contributed by atoms with van der Waals surface area (Å²) in [4.78, 5) is 0. The van der Waals surface area contributed by atoms with Crippen LogP contribution >= 0.6 is 0 Å². The Labute approximate surface area is 152 Å². The van der Waals surface area contributed by atoms with E-state index in [1.807, 2.05) is 0 Å². The summed E-state index contributed by atoms with van der Waals surface area (Å²) in [7, 11) is 0. The molecule has 1 N–H and O–H groups in total. The van der Waals surface area contributed by atoms with E-state index in [9.17, 15) is 0 Å². The number of hydrogen-bond donors (Lipinski definition) is 1. The third kappa shape index (κ3) is 2.50. The molecule has 2 heteroatoms. The molecule has 26 heavy (non-hydrogen) atoms. The minimum Gasteiger partial charge on any atom is -0.379 e. The maximum atomic E-state index is 5.01. The zero-order chi connectivity index (χ0) is 17.3. The number of fused-ring (bicyclic) bond motifs is 2. The Morgan fingerprint density at radius 3 is 1.19 bits per heavy atom. The summed E-state index contributed by atoms with van der Waals surface area (Å²) in [6.07, 6.45) is 0. The van der Waals surface area contributed by atoms with E-state index >= 15 is 0 Å². The Kier molecular flexibility index (Phi) is 3.93. The van der Waals surface area contributed by atoms with E-state index in [4.69, 9.17) is 4.74 Å². The van der Waals surface area contributed by atoms with Gasteiger partial charge in [0.05, 0.1) is 13.2 Å². The van der Waals surface area contributed by atoms with Gasteiger partial charge in [-0.25, -0.2) is 0 Å². The predicted octanol–water partition coefficient (Wildman–Crippen LogP) is 5.34. The molecular weight excluding hydrogens is 318 g/mol. The van der Waals surface area contributed by atoms with Gasteiger partial charge in [-0.05, 0) is 43.1 Å². The van der Waals surface area contributed by atoms with Crippen LogP contribution in [0, 0.1) is 0 Å². The van der Waals surface area contributed by atoms with Crippen molar-refractivity contribution in [1.82, 2.24) is 5.32 Å². The largest absolute Gasteiger partial charge is 0.379 e. The highest BCUT2D eigenvalue weighted by Gasteiger charge is 2.11. The van der Waals surface area contributed by atoms with Gasteiger partial charge >= 0.3 is 0 Å². The summed E-state index contributed by atoms with van der Waals surface area (Å²) >= 11 is 0. The Morgan fingerprint density at radius 1 is 0.538 bits per heavy atom. The van der Waals surface area contributed by atoms with Crippen LogP contribution in [0.25, 0.3) is 43.1 Å². The van der Waals surface area contributed by atoms with E-state index < -0.39 is 0 Å². The fourth-order valence-corrected chi connectivity index (χ4v) is 4.10. The molecule has 0 bridgehead atoms. The molecule has 128 valence electrons. The molecule has 0 aliphatic carbocycles. The summed E-state index contributed by atoms with van der Waals surface area (Å²) in [6, 6.07) is 26.4. The van der Waals surface area contributed by atoms with Gasteiger partial charge in [-0.2, -0.15) is 0 Å². The Balaban J connectivity index is 0.000000215. The van der Waals surface area contributed by atoms with Gasteiger partial charge in [0.1, 0.15) is 0 Å². The third-order valence-electron chi connectivity index (χ3n) is 5.24. The fraction of sp³-hybridized carbons (Fsp3) is 0.167. The van der Waals surface area contributed by atoms with Gasteiger partial charge in [-0.15, -0.1) is 0 Å². The molecule has 5 aromatic rings. The summed E-state index contributed by atoms with van der Waals surface area (Å²) < 4.78 is 5.01. The van der Waals surface area contributed by atoms with Crippen LogP contribution in [-0.4, -0.2) is 26.3 Å². The molecule has 6 rings (SSSR count). The van der Waals surface area contributed by atoms with Crippen LogP contribution in [0.3, 0.4) is 0 Å². The van der Waals surface area contributed by atoms with E-state index in [-0.39, 0.29) is 0 Å². The van der Waals surface area contributed by atoms with Gasteiger partial charge in [0.2, 0.25) is 0 Å². The first kappa shape index (κ1) is 15.6. The zero-order valence-electron chi connectivity index (χ0n) is 14.7. The van der Waals surface area contributed by atoms with Crippen molar-refractivity contribution in [2.45, 2.75) is 0 Å². The molecule has 0 aromatic heterocycles. The van der Waals surface area contributed by atoms with Crippen molar-refractivity contribution in [3.63, 3.8) is 0 Å². The lowest BCUT2D eigenvalue weighted by molar-refractivity contribution is 0.109. The maximum absolute atomic E-state index is 5.01. The lowest BCUT2D eigenvalue weighted by Gasteiger charge is -2.13. The Hall–Kier alpha value is -2.68. The minimum atomic E-state index is 0.889. The van der Waals surface area contributed by atoms with Crippen LogP contribution in [0.2, 0.25) is 0 Å². The van der Waals surface area contributed by atoms with Crippen molar-refractivity contribution in [3.8, 4) is 0 Å². The Bertz CT molecular complexity index is 1010. The molecule has 0 amide bonds. The van der Waals surface area contributed by atoms with Crippen molar-refractivity contribution >= 4 is 43.1 Å². The molecule has 0 spiro atoms. The zero-order valence-corrected chi connectivity index (χ0v) is 14.7. The van der Waals surface area contributed by atoms with Crippen molar-refractivity contribution in [2.24, 2.45) is 0 Å². The van der Waals surface area contributed by atoms with Crippen LogP contribution in [0.15, 0.2) is 72.8 Å². The van der Waals surface area contributed by atoms with Gasteiger partial charge < -0.3 is 10.1 Å². The Morgan fingerprint density at radius 2 is 0.923 bits per heavy atom. The van der Waals surface area contributed by atoms with E-state index in [0.717, 1.165) is 26.3 Å². The topological polar surface area (TPSA) is 21.3 Å². The molecule has 0 atom stereocenters. The minimum absolute atomic E-state index is 0.889. The van der Waals surface area contributed by atoms with Crippen LogP contribution in [0.5, 0.6) is 0 Å². The van der Waals surface area contributed by atoms with Crippen LogP contribution in [0.1, 0.15) is 0 Å². The second-order valence-electron chi connectivity index (χ2n) is 6.78. The average molecular weight is 339 g/mol. The smallest absolute Gasteiger partial charge is 0.0591 e. The van der Waals surface area contributed by atoms with Gasteiger partial charge in [0.15, 0.2) is 0 Å². The van der Waals surface area contributed by atoms with E-state index in [1.54, 1.807) is 0 Å². The second kappa shape index (κ2) is 6.56. The molecule has 1 heterocycles. The van der Waals surface area contributed by atoms with Crippen LogP contribution in [-0.2, 0) is 4.74 Å². The SMILES string of the molecule is C1COCCN1.c1cc2cccc3c4cccc5cccc(c(c1)c23)c54. The number of benzene rings is 5. The third-order valence-corrected chi connectivity index (χ3v) is 5.24. The first-order valence-electron chi connectivity index (χ1n) is 9.26. The van der Waals surface area contributed by atoms with Gasteiger partial charge in [-0.1, -0.05) is 72.8 Å². The van der Waals surface area contributed by atoms with E-state index in [2.05, 4.69) is 78.1 Å². The maximum Gasteiger partial charge on any atom is 0.0591 e. The summed E-state index contributed by atoms with van der Waals surface area (Å²) in [5.41, 5.74) is 0. The number of rotatable bonds is 0. The number of nitrogens with one attached hydrogen (secondary N) is 1. The van der Waals surface area contributed by atoms with Crippen LogP contribution in [0.4, 0.5) is 0 Å². The molecule has 0 saturated carbocycles. The molecule has 2 nitrogen and oxygen atoms in total. The highest BCUT2D eigenvalue weighted by atomic mass is 16.5. The van der Waals surface area contributed by atoms with Crippen molar-refractivity contribution in [3.05, 3.63) is 72.8 Å². The lowest BCUT2D eigenvalue weighted by atomic mass is 9.90. The number of morpholine rings is 1. The van der Waals surface area contributed by atoms with Crippen molar-refractivity contribution < 1.29 is 4.74 Å². The standard InChI is InChI=1S/C20H12.C4H9NO/c1-5-13-6-2-11-17-18-12-4-8-14-7-3-10-16(20(14)18)15(9-1)19(13)17;1-3-6-4-2-5-1/h1-12H;5H,1-4H2. The van der Waals surface area contributed by atoms with Crippen LogP contribution < -0.4 is 5.32 Å². The molecule has 1 saturated heterocycles. The molecule has 1 aliphatic rings. The highest BCUT2D eigenvalue weighted by molar-refractivity contribution is 6.32.